The van der Waals surface area contributed by atoms with Crippen LogP contribution in [0.3, 0.4) is 0 Å². The Morgan fingerprint density at radius 2 is 1.63 bits per heavy atom. The third-order valence-electron chi connectivity index (χ3n) is 3.15. The predicted molar refractivity (Wildman–Crippen MR) is 80.4 cm³/mol. The first kappa shape index (κ1) is 14.0. The summed E-state index contributed by atoms with van der Waals surface area (Å²) in [6.07, 6.45) is 0. The second-order valence-electron chi connectivity index (χ2n) is 5.09. The second-order valence-corrected chi connectivity index (χ2v) is 6.54. The van der Waals surface area contributed by atoms with Crippen LogP contribution >= 0.6 is 0 Å². The molecule has 2 rings (SSSR count). The molecule has 0 spiro atoms. The van der Waals surface area contributed by atoms with Gasteiger partial charge in [-0.2, -0.15) is 0 Å². The van der Waals surface area contributed by atoms with Gasteiger partial charge in [-0.15, -0.1) is 0 Å². The summed E-state index contributed by atoms with van der Waals surface area (Å²) in [6.45, 7) is 3.94. The minimum Gasteiger partial charge on any atom is -0.321 e. The van der Waals surface area contributed by atoms with Crippen molar-refractivity contribution in [2.75, 3.05) is 5.75 Å². The van der Waals surface area contributed by atoms with E-state index in [1.165, 1.54) is 5.56 Å². The van der Waals surface area contributed by atoms with Crippen molar-refractivity contribution in [3.8, 4) is 0 Å². The van der Waals surface area contributed by atoms with Crippen LogP contribution in [0.25, 0.3) is 0 Å². The van der Waals surface area contributed by atoms with E-state index >= 15 is 0 Å². The highest BCUT2D eigenvalue weighted by Gasteiger charge is 2.24. The third-order valence-corrected chi connectivity index (χ3v) is 4.81. The largest absolute Gasteiger partial charge is 0.321 e. The van der Waals surface area contributed by atoms with Crippen LogP contribution in [-0.2, 0) is 16.3 Å². The van der Waals surface area contributed by atoms with E-state index in [0.29, 0.717) is 5.75 Å². The fourth-order valence-electron chi connectivity index (χ4n) is 1.95. The van der Waals surface area contributed by atoms with E-state index in [2.05, 4.69) is 0 Å². The van der Waals surface area contributed by atoms with Gasteiger partial charge in [0.25, 0.3) is 0 Å². The number of hydrogen-bond acceptors (Lipinski definition) is 2. The van der Waals surface area contributed by atoms with Crippen LogP contribution in [0.1, 0.15) is 18.1 Å². The SMILES string of the molecule is Cc1ccc([S@@](=O)C[C@@](C)(N)c2ccccc2)cc1. The average molecular weight is 273 g/mol. The monoisotopic (exact) mass is 273 g/mol. The first-order valence-electron chi connectivity index (χ1n) is 6.28. The molecular formula is C16H19NOS. The summed E-state index contributed by atoms with van der Waals surface area (Å²) in [6, 6.07) is 17.6. The Balaban J connectivity index is 2.16. The Kier molecular flexibility index (Phi) is 4.17. The summed E-state index contributed by atoms with van der Waals surface area (Å²) in [5.41, 5.74) is 7.90. The highest BCUT2D eigenvalue weighted by molar-refractivity contribution is 7.85. The van der Waals surface area contributed by atoms with Crippen molar-refractivity contribution < 1.29 is 4.21 Å². The van der Waals surface area contributed by atoms with Gasteiger partial charge >= 0.3 is 0 Å². The third kappa shape index (κ3) is 3.52. The topological polar surface area (TPSA) is 43.1 Å². The van der Waals surface area contributed by atoms with Crippen molar-refractivity contribution in [3.05, 3.63) is 65.7 Å². The summed E-state index contributed by atoms with van der Waals surface area (Å²) in [5.74, 6) is 0.417. The van der Waals surface area contributed by atoms with E-state index in [-0.39, 0.29) is 0 Å². The molecule has 19 heavy (non-hydrogen) atoms. The van der Waals surface area contributed by atoms with Gasteiger partial charge in [-0.3, -0.25) is 4.21 Å². The van der Waals surface area contributed by atoms with Crippen molar-refractivity contribution in [3.63, 3.8) is 0 Å². The zero-order valence-corrected chi connectivity index (χ0v) is 12.1. The fraction of sp³-hybridized carbons (Fsp3) is 0.250. The minimum absolute atomic E-state index is 0.417. The van der Waals surface area contributed by atoms with Crippen LogP contribution < -0.4 is 5.73 Å². The molecule has 0 unspecified atom stereocenters. The fourth-order valence-corrected chi connectivity index (χ4v) is 3.27. The van der Waals surface area contributed by atoms with Crippen molar-refractivity contribution in [2.45, 2.75) is 24.3 Å². The molecule has 3 heteroatoms. The van der Waals surface area contributed by atoms with Gasteiger partial charge in [0.1, 0.15) is 0 Å². The first-order chi connectivity index (χ1) is 8.99. The lowest BCUT2D eigenvalue weighted by Gasteiger charge is -2.24. The maximum atomic E-state index is 12.4. The van der Waals surface area contributed by atoms with Crippen LogP contribution in [0.2, 0.25) is 0 Å². The molecule has 0 saturated heterocycles. The lowest BCUT2D eigenvalue weighted by atomic mass is 9.96. The first-order valence-corrected chi connectivity index (χ1v) is 7.60. The normalized spacial score (nSPS) is 15.7. The van der Waals surface area contributed by atoms with E-state index < -0.39 is 16.3 Å². The minimum atomic E-state index is -1.09. The Hall–Kier alpha value is -1.45. The molecule has 2 aromatic rings. The van der Waals surface area contributed by atoms with Crippen molar-refractivity contribution in [1.82, 2.24) is 0 Å². The van der Waals surface area contributed by atoms with Crippen LogP contribution in [0.15, 0.2) is 59.5 Å². The molecular weight excluding hydrogens is 254 g/mol. The number of rotatable bonds is 4. The second kappa shape index (κ2) is 5.68. The van der Waals surface area contributed by atoms with Crippen molar-refractivity contribution >= 4 is 10.8 Å². The molecule has 2 nitrogen and oxygen atoms in total. The van der Waals surface area contributed by atoms with Crippen molar-refractivity contribution in [2.24, 2.45) is 5.73 Å². The standard InChI is InChI=1S/C16H19NOS/c1-13-8-10-15(11-9-13)19(18)12-16(2,17)14-6-4-3-5-7-14/h3-11H,12,17H2,1-2H3/t16-,19+/m1/s1. The van der Waals surface area contributed by atoms with Crippen molar-refractivity contribution in [1.29, 1.82) is 0 Å². The Labute approximate surface area is 117 Å². The summed E-state index contributed by atoms with van der Waals surface area (Å²) in [7, 11) is -1.09. The van der Waals surface area contributed by atoms with E-state index in [0.717, 1.165) is 10.5 Å². The average Bonchev–Trinajstić information content (AvgIpc) is 2.40. The summed E-state index contributed by atoms with van der Waals surface area (Å²) in [4.78, 5) is 0.832. The molecule has 2 atom stereocenters. The van der Waals surface area contributed by atoms with Gasteiger partial charge < -0.3 is 5.73 Å². The van der Waals surface area contributed by atoms with Crippen LogP contribution in [0, 0.1) is 6.92 Å². The van der Waals surface area contributed by atoms with Gasteiger partial charge in [-0.25, -0.2) is 0 Å². The molecule has 0 bridgehead atoms. The highest BCUT2D eigenvalue weighted by atomic mass is 32.2. The van der Waals surface area contributed by atoms with Gasteiger partial charge in [0.2, 0.25) is 0 Å². The smallest absolute Gasteiger partial charge is 0.0551 e. The van der Waals surface area contributed by atoms with Gasteiger partial charge in [0.05, 0.1) is 22.1 Å². The molecule has 0 aliphatic rings. The number of aryl methyl sites for hydroxylation is 1. The number of nitrogens with two attached hydrogens (primary N) is 1. The molecule has 0 aliphatic carbocycles. The number of benzene rings is 2. The zero-order chi connectivity index (χ0) is 13.9. The van der Waals surface area contributed by atoms with Gasteiger partial charge in [0, 0.05) is 4.90 Å². The molecule has 2 N–H and O–H groups in total. The lowest BCUT2D eigenvalue weighted by molar-refractivity contribution is 0.554. The van der Waals surface area contributed by atoms with E-state index in [9.17, 15) is 4.21 Å². The van der Waals surface area contributed by atoms with E-state index in [1.54, 1.807) is 0 Å². The summed E-state index contributed by atoms with van der Waals surface area (Å²) >= 11 is 0. The van der Waals surface area contributed by atoms with Gasteiger partial charge in [0.15, 0.2) is 0 Å². The molecule has 0 amide bonds. The zero-order valence-electron chi connectivity index (χ0n) is 11.3. The molecule has 0 heterocycles. The maximum Gasteiger partial charge on any atom is 0.0551 e. The maximum absolute atomic E-state index is 12.4. The Morgan fingerprint density at radius 1 is 1.05 bits per heavy atom. The summed E-state index contributed by atoms with van der Waals surface area (Å²) in [5, 5.41) is 0. The lowest BCUT2D eigenvalue weighted by Crippen LogP contribution is -2.38. The Morgan fingerprint density at radius 3 is 2.21 bits per heavy atom. The van der Waals surface area contributed by atoms with Crippen LogP contribution in [0.4, 0.5) is 0 Å². The molecule has 0 radical (unpaired) electrons. The van der Waals surface area contributed by atoms with Gasteiger partial charge in [-0.1, -0.05) is 48.0 Å². The number of hydrogen-bond donors (Lipinski definition) is 1. The molecule has 2 aromatic carbocycles. The summed E-state index contributed by atoms with van der Waals surface area (Å²) < 4.78 is 12.4. The molecule has 0 fully saturated rings. The quantitative estimate of drug-likeness (QED) is 0.930. The Bertz CT molecular complexity index is 561. The van der Waals surface area contributed by atoms with E-state index in [4.69, 9.17) is 5.73 Å². The molecule has 0 aliphatic heterocycles. The predicted octanol–water partition coefficient (Wildman–Crippen LogP) is 2.98. The highest BCUT2D eigenvalue weighted by Crippen LogP contribution is 2.21. The van der Waals surface area contributed by atoms with Crippen LogP contribution in [0.5, 0.6) is 0 Å². The van der Waals surface area contributed by atoms with E-state index in [1.807, 2.05) is 68.4 Å². The molecule has 0 saturated carbocycles. The van der Waals surface area contributed by atoms with Crippen LogP contribution in [-0.4, -0.2) is 9.96 Å². The molecule has 100 valence electrons. The van der Waals surface area contributed by atoms with Gasteiger partial charge in [-0.05, 0) is 31.5 Å². The molecule has 0 aromatic heterocycles.